The highest BCUT2D eigenvalue weighted by Gasteiger charge is 2.18. The van der Waals surface area contributed by atoms with Crippen molar-refractivity contribution >= 4 is 5.69 Å². The van der Waals surface area contributed by atoms with Crippen LogP contribution in [0.15, 0.2) is 43.1 Å². The fourth-order valence-electron chi connectivity index (χ4n) is 2.57. The Kier molecular flexibility index (Phi) is 4.18. The summed E-state index contributed by atoms with van der Waals surface area (Å²) in [6, 6.07) is 6.69. The molecule has 0 spiro atoms. The van der Waals surface area contributed by atoms with Crippen molar-refractivity contribution in [2.75, 3.05) is 18.0 Å². The molecule has 0 bridgehead atoms. The lowest BCUT2D eigenvalue weighted by Gasteiger charge is -2.34. The van der Waals surface area contributed by atoms with Gasteiger partial charge in [-0.1, -0.05) is 0 Å². The maximum atomic E-state index is 4.23. The lowest BCUT2D eigenvalue weighted by molar-refractivity contribution is 0.412. The molecule has 0 saturated carbocycles. The first-order chi connectivity index (χ1) is 9.92. The van der Waals surface area contributed by atoms with Crippen molar-refractivity contribution in [3.05, 3.63) is 48.8 Å². The van der Waals surface area contributed by atoms with Crippen LogP contribution in [0, 0.1) is 0 Å². The third-order valence-electron chi connectivity index (χ3n) is 3.74. The maximum Gasteiger partial charge on any atom is 0.115 e. The summed E-state index contributed by atoms with van der Waals surface area (Å²) in [5, 5.41) is 3.58. The highest BCUT2D eigenvalue weighted by atomic mass is 15.1. The number of piperidine rings is 1. The zero-order chi connectivity index (χ0) is 13.6. The topological polar surface area (TPSA) is 53.9 Å². The van der Waals surface area contributed by atoms with Crippen molar-refractivity contribution in [2.45, 2.75) is 25.4 Å². The van der Waals surface area contributed by atoms with Gasteiger partial charge in [-0.2, -0.15) is 0 Å². The first-order valence-corrected chi connectivity index (χ1v) is 7.05. The van der Waals surface area contributed by atoms with Crippen LogP contribution < -0.4 is 10.2 Å². The number of nitrogens with zero attached hydrogens (tertiary/aromatic N) is 4. The lowest BCUT2D eigenvalue weighted by Crippen LogP contribution is -2.42. The summed E-state index contributed by atoms with van der Waals surface area (Å²) in [4.78, 5) is 14.7. The monoisotopic (exact) mass is 269 g/mol. The normalized spacial score (nSPS) is 16.3. The smallest absolute Gasteiger partial charge is 0.115 e. The van der Waals surface area contributed by atoms with E-state index in [1.807, 2.05) is 18.5 Å². The van der Waals surface area contributed by atoms with Gasteiger partial charge in [0.15, 0.2) is 0 Å². The Morgan fingerprint density at radius 2 is 1.80 bits per heavy atom. The molecule has 5 nitrogen and oxygen atoms in total. The Morgan fingerprint density at radius 1 is 1.05 bits per heavy atom. The zero-order valence-corrected chi connectivity index (χ0v) is 11.4. The van der Waals surface area contributed by atoms with Gasteiger partial charge < -0.3 is 10.2 Å². The third-order valence-corrected chi connectivity index (χ3v) is 3.74. The fourth-order valence-corrected chi connectivity index (χ4v) is 2.57. The molecule has 0 amide bonds. The molecule has 2 aromatic heterocycles. The molecule has 0 unspecified atom stereocenters. The number of anilines is 1. The van der Waals surface area contributed by atoms with Crippen LogP contribution in [-0.4, -0.2) is 34.1 Å². The van der Waals surface area contributed by atoms with Gasteiger partial charge in [0.05, 0.1) is 5.69 Å². The van der Waals surface area contributed by atoms with Gasteiger partial charge in [-0.15, -0.1) is 0 Å². The van der Waals surface area contributed by atoms with Crippen molar-refractivity contribution in [2.24, 2.45) is 0 Å². The average Bonchev–Trinajstić information content (AvgIpc) is 2.55. The SMILES string of the molecule is c1cc(N2CCC(NCc3ccncn3)CC2)ccn1. The summed E-state index contributed by atoms with van der Waals surface area (Å²) >= 11 is 0. The third kappa shape index (κ3) is 3.30. The highest BCUT2D eigenvalue weighted by molar-refractivity contribution is 5.44. The molecule has 1 fully saturated rings. The molecular weight excluding hydrogens is 250 g/mol. The first kappa shape index (κ1) is 13.0. The Morgan fingerprint density at radius 3 is 2.50 bits per heavy atom. The van der Waals surface area contributed by atoms with Crippen LogP contribution in [0.5, 0.6) is 0 Å². The molecule has 1 saturated heterocycles. The number of pyridine rings is 1. The standard InChI is InChI=1S/C15H19N5/c1-6-17-12-19-14(1)11-18-13-4-9-20(10-5-13)15-2-7-16-8-3-15/h1-3,6-8,12-13,18H,4-5,9-11H2. The van der Waals surface area contributed by atoms with Crippen LogP contribution in [0.4, 0.5) is 5.69 Å². The molecule has 20 heavy (non-hydrogen) atoms. The molecule has 1 aliphatic rings. The molecule has 0 aromatic carbocycles. The Bertz CT molecular complexity index is 508. The van der Waals surface area contributed by atoms with E-state index in [1.54, 1.807) is 12.5 Å². The summed E-state index contributed by atoms with van der Waals surface area (Å²) in [5.74, 6) is 0. The Hall–Kier alpha value is -2.01. The lowest BCUT2D eigenvalue weighted by atomic mass is 10.0. The van der Waals surface area contributed by atoms with Gasteiger partial charge in [0.2, 0.25) is 0 Å². The van der Waals surface area contributed by atoms with Gasteiger partial charge in [0, 0.05) is 50.0 Å². The van der Waals surface area contributed by atoms with E-state index in [9.17, 15) is 0 Å². The molecule has 104 valence electrons. The molecule has 3 rings (SSSR count). The minimum atomic E-state index is 0.572. The molecule has 0 radical (unpaired) electrons. The second-order valence-electron chi connectivity index (χ2n) is 5.05. The van der Waals surface area contributed by atoms with E-state index in [4.69, 9.17) is 0 Å². The summed E-state index contributed by atoms with van der Waals surface area (Å²) in [5.41, 5.74) is 2.32. The average molecular weight is 269 g/mol. The number of aromatic nitrogens is 3. The van der Waals surface area contributed by atoms with Gasteiger partial charge in [-0.05, 0) is 31.0 Å². The van der Waals surface area contributed by atoms with Crippen LogP contribution in [0.3, 0.4) is 0 Å². The van der Waals surface area contributed by atoms with Gasteiger partial charge in [0.1, 0.15) is 6.33 Å². The second kappa shape index (κ2) is 6.43. The van der Waals surface area contributed by atoms with Crippen LogP contribution in [0.2, 0.25) is 0 Å². The molecule has 0 atom stereocenters. The van der Waals surface area contributed by atoms with E-state index in [2.05, 4.69) is 37.3 Å². The van der Waals surface area contributed by atoms with Crippen LogP contribution in [-0.2, 0) is 6.54 Å². The van der Waals surface area contributed by atoms with Gasteiger partial charge >= 0.3 is 0 Å². The summed E-state index contributed by atoms with van der Waals surface area (Å²) in [6.45, 7) is 3.00. The van der Waals surface area contributed by atoms with Crippen LogP contribution >= 0.6 is 0 Å². The van der Waals surface area contributed by atoms with Crippen molar-refractivity contribution < 1.29 is 0 Å². The maximum absolute atomic E-state index is 4.23. The van der Waals surface area contributed by atoms with E-state index in [0.29, 0.717) is 6.04 Å². The predicted molar refractivity (Wildman–Crippen MR) is 78.3 cm³/mol. The van der Waals surface area contributed by atoms with E-state index < -0.39 is 0 Å². The minimum Gasteiger partial charge on any atom is -0.371 e. The Balaban J connectivity index is 1.47. The van der Waals surface area contributed by atoms with Gasteiger partial charge in [0.25, 0.3) is 0 Å². The number of hydrogen-bond acceptors (Lipinski definition) is 5. The molecule has 3 heterocycles. The second-order valence-corrected chi connectivity index (χ2v) is 5.05. The largest absolute Gasteiger partial charge is 0.371 e. The summed E-state index contributed by atoms with van der Waals surface area (Å²) in [6.07, 6.45) is 9.42. The highest BCUT2D eigenvalue weighted by Crippen LogP contribution is 2.18. The van der Waals surface area contributed by atoms with Crippen molar-refractivity contribution in [3.8, 4) is 0 Å². The number of nitrogens with one attached hydrogen (secondary N) is 1. The van der Waals surface area contributed by atoms with E-state index >= 15 is 0 Å². The van der Waals surface area contributed by atoms with Gasteiger partial charge in [-0.3, -0.25) is 4.98 Å². The van der Waals surface area contributed by atoms with Gasteiger partial charge in [-0.25, -0.2) is 9.97 Å². The van der Waals surface area contributed by atoms with E-state index in [-0.39, 0.29) is 0 Å². The minimum absolute atomic E-state index is 0.572. The van der Waals surface area contributed by atoms with E-state index in [1.165, 1.54) is 5.69 Å². The van der Waals surface area contributed by atoms with Crippen molar-refractivity contribution in [3.63, 3.8) is 0 Å². The molecule has 1 aliphatic heterocycles. The predicted octanol–water partition coefficient (Wildman–Crippen LogP) is 1.63. The fraction of sp³-hybridized carbons (Fsp3) is 0.400. The Labute approximate surface area is 119 Å². The zero-order valence-electron chi connectivity index (χ0n) is 11.4. The van der Waals surface area contributed by atoms with E-state index in [0.717, 1.165) is 38.2 Å². The summed E-state index contributed by atoms with van der Waals surface area (Å²) < 4.78 is 0. The number of rotatable bonds is 4. The van der Waals surface area contributed by atoms with Crippen LogP contribution in [0.25, 0.3) is 0 Å². The molecule has 1 N–H and O–H groups in total. The molecule has 5 heteroatoms. The molecule has 0 aliphatic carbocycles. The van der Waals surface area contributed by atoms with Crippen molar-refractivity contribution in [1.29, 1.82) is 0 Å². The summed E-state index contributed by atoms with van der Waals surface area (Å²) in [7, 11) is 0. The number of hydrogen-bond donors (Lipinski definition) is 1. The van der Waals surface area contributed by atoms with Crippen LogP contribution in [0.1, 0.15) is 18.5 Å². The quantitative estimate of drug-likeness (QED) is 0.914. The molecule has 2 aromatic rings. The molecular formula is C15H19N5. The first-order valence-electron chi connectivity index (χ1n) is 7.05. The van der Waals surface area contributed by atoms with Crippen molar-refractivity contribution in [1.82, 2.24) is 20.3 Å².